The van der Waals surface area contributed by atoms with Crippen molar-refractivity contribution in [3.05, 3.63) is 35.9 Å². The molecular weight excluding hydrogens is 290 g/mol. The first-order valence-electron chi connectivity index (χ1n) is 7.01. The number of benzene rings is 1. The molecule has 0 aromatic heterocycles. The van der Waals surface area contributed by atoms with Crippen molar-refractivity contribution in [3.63, 3.8) is 0 Å². The molecule has 1 aromatic rings. The first-order valence-corrected chi connectivity index (χ1v) is 8.40. The highest BCUT2D eigenvalue weighted by Gasteiger charge is 2.44. The van der Waals surface area contributed by atoms with E-state index in [2.05, 4.69) is 0 Å². The minimum atomic E-state index is -3.66. The highest BCUT2D eigenvalue weighted by Crippen LogP contribution is 2.32. The Morgan fingerprint density at radius 2 is 1.76 bits per heavy atom. The Kier molecular flexibility index (Phi) is 4.65. The van der Waals surface area contributed by atoms with Crippen LogP contribution in [0.1, 0.15) is 25.6 Å². The van der Waals surface area contributed by atoms with Gasteiger partial charge in [0.15, 0.2) is 0 Å². The standard InChI is InChI=1S/C14H21N3O3S/c1-4-16(5-2)21(19,20)17-11-13(18)15(3)14(17)12-9-7-6-8-10-12/h6-10,14H,4-5,11H2,1-3H3. The SMILES string of the molecule is CCN(CC)S(=O)(=O)N1CC(=O)N(C)C1c1ccccc1. The fourth-order valence-corrected chi connectivity index (χ4v) is 4.32. The normalized spacial score (nSPS) is 20.5. The van der Waals surface area contributed by atoms with E-state index in [0.717, 1.165) is 5.56 Å². The van der Waals surface area contributed by atoms with E-state index in [1.54, 1.807) is 20.9 Å². The lowest BCUT2D eigenvalue weighted by atomic mass is 10.2. The van der Waals surface area contributed by atoms with Crippen LogP contribution < -0.4 is 0 Å². The molecule has 7 heteroatoms. The molecular formula is C14H21N3O3S. The molecule has 1 atom stereocenters. The van der Waals surface area contributed by atoms with E-state index < -0.39 is 16.4 Å². The Morgan fingerprint density at radius 1 is 1.19 bits per heavy atom. The molecule has 0 saturated carbocycles. The van der Waals surface area contributed by atoms with Gasteiger partial charge in [0.25, 0.3) is 10.2 Å². The molecule has 1 fully saturated rings. The zero-order valence-corrected chi connectivity index (χ0v) is 13.4. The van der Waals surface area contributed by atoms with E-state index in [0.29, 0.717) is 13.1 Å². The van der Waals surface area contributed by atoms with E-state index in [1.165, 1.54) is 13.5 Å². The maximum Gasteiger partial charge on any atom is 0.284 e. The van der Waals surface area contributed by atoms with Crippen molar-refractivity contribution < 1.29 is 13.2 Å². The summed E-state index contributed by atoms with van der Waals surface area (Å²) in [6, 6.07) is 9.22. The molecule has 2 rings (SSSR count). The van der Waals surface area contributed by atoms with E-state index in [1.807, 2.05) is 30.3 Å². The van der Waals surface area contributed by atoms with Crippen molar-refractivity contribution in [2.75, 3.05) is 26.7 Å². The van der Waals surface area contributed by atoms with Crippen LogP contribution in [0.4, 0.5) is 0 Å². The highest BCUT2D eigenvalue weighted by atomic mass is 32.2. The first-order chi connectivity index (χ1) is 9.93. The Morgan fingerprint density at radius 3 is 2.29 bits per heavy atom. The predicted octanol–water partition coefficient (Wildman–Crippen LogP) is 1.05. The molecule has 0 N–H and O–H groups in total. The van der Waals surface area contributed by atoms with E-state index >= 15 is 0 Å². The van der Waals surface area contributed by atoms with Crippen molar-refractivity contribution in [1.82, 2.24) is 13.5 Å². The summed E-state index contributed by atoms with van der Waals surface area (Å²) < 4.78 is 28.1. The van der Waals surface area contributed by atoms with Crippen LogP contribution >= 0.6 is 0 Å². The van der Waals surface area contributed by atoms with Crippen LogP contribution in [0.15, 0.2) is 30.3 Å². The van der Waals surface area contributed by atoms with Gasteiger partial charge in [0.2, 0.25) is 5.91 Å². The lowest BCUT2D eigenvalue weighted by Gasteiger charge is -2.31. The number of hydrogen-bond donors (Lipinski definition) is 0. The monoisotopic (exact) mass is 311 g/mol. The zero-order chi connectivity index (χ0) is 15.6. The maximum atomic E-state index is 12.7. The van der Waals surface area contributed by atoms with Crippen molar-refractivity contribution in [2.45, 2.75) is 20.0 Å². The second-order valence-corrected chi connectivity index (χ2v) is 6.81. The van der Waals surface area contributed by atoms with Crippen molar-refractivity contribution >= 4 is 16.1 Å². The summed E-state index contributed by atoms with van der Waals surface area (Å²) in [6.45, 7) is 4.23. The summed E-state index contributed by atoms with van der Waals surface area (Å²) in [5.74, 6) is -0.195. The topological polar surface area (TPSA) is 60.9 Å². The molecule has 21 heavy (non-hydrogen) atoms. The molecule has 1 unspecified atom stereocenters. The third-order valence-corrected chi connectivity index (χ3v) is 5.84. The van der Waals surface area contributed by atoms with Crippen LogP contribution in [-0.2, 0) is 15.0 Å². The first kappa shape index (κ1) is 15.9. The number of carbonyl (C=O) groups is 1. The van der Waals surface area contributed by atoms with Gasteiger partial charge in [-0.25, -0.2) is 0 Å². The fraction of sp³-hybridized carbons (Fsp3) is 0.500. The minimum absolute atomic E-state index is 0.116. The molecule has 1 amide bonds. The molecule has 1 aliphatic rings. The largest absolute Gasteiger partial charge is 0.324 e. The summed E-state index contributed by atoms with van der Waals surface area (Å²) in [4.78, 5) is 13.5. The maximum absolute atomic E-state index is 12.7. The lowest BCUT2D eigenvalue weighted by Crippen LogP contribution is -2.44. The van der Waals surface area contributed by atoms with E-state index in [9.17, 15) is 13.2 Å². The molecule has 116 valence electrons. The number of rotatable bonds is 5. The van der Waals surface area contributed by atoms with Gasteiger partial charge in [0.05, 0.1) is 6.54 Å². The second kappa shape index (κ2) is 6.13. The van der Waals surface area contributed by atoms with Gasteiger partial charge < -0.3 is 4.90 Å². The number of hydrogen-bond acceptors (Lipinski definition) is 3. The smallest absolute Gasteiger partial charge is 0.284 e. The highest BCUT2D eigenvalue weighted by molar-refractivity contribution is 7.86. The third kappa shape index (κ3) is 2.81. The minimum Gasteiger partial charge on any atom is -0.324 e. The van der Waals surface area contributed by atoms with Gasteiger partial charge in [-0.2, -0.15) is 17.0 Å². The van der Waals surface area contributed by atoms with E-state index in [-0.39, 0.29) is 12.5 Å². The number of likely N-dealkylation sites (N-methyl/N-ethyl adjacent to an activating group) is 1. The van der Waals surface area contributed by atoms with Gasteiger partial charge in [-0.05, 0) is 5.56 Å². The Bertz CT molecular complexity index is 599. The number of nitrogens with zero attached hydrogens (tertiary/aromatic N) is 3. The number of carbonyl (C=O) groups excluding carboxylic acids is 1. The summed E-state index contributed by atoms with van der Waals surface area (Å²) in [5.41, 5.74) is 0.793. The molecule has 0 aliphatic carbocycles. The van der Waals surface area contributed by atoms with Gasteiger partial charge in [-0.15, -0.1) is 0 Å². The van der Waals surface area contributed by atoms with Crippen LogP contribution in [0.5, 0.6) is 0 Å². The van der Waals surface area contributed by atoms with Crippen LogP contribution in [0.25, 0.3) is 0 Å². The van der Waals surface area contributed by atoms with Gasteiger partial charge in [0.1, 0.15) is 6.17 Å². The average molecular weight is 311 g/mol. The van der Waals surface area contributed by atoms with E-state index in [4.69, 9.17) is 0 Å². The number of amides is 1. The predicted molar refractivity (Wildman–Crippen MR) is 80.5 cm³/mol. The van der Waals surface area contributed by atoms with Crippen molar-refractivity contribution in [2.24, 2.45) is 0 Å². The zero-order valence-electron chi connectivity index (χ0n) is 12.6. The van der Waals surface area contributed by atoms with Crippen LogP contribution in [0.3, 0.4) is 0 Å². The van der Waals surface area contributed by atoms with Crippen molar-refractivity contribution in [3.8, 4) is 0 Å². The molecule has 6 nitrogen and oxygen atoms in total. The Balaban J connectivity index is 2.44. The lowest BCUT2D eigenvalue weighted by molar-refractivity contribution is -0.126. The van der Waals surface area contributed by atoms with Gasteiger partial charge in [-0.1, -0.05) is 44.2 Å². The van der Waals surface area contributed by atoms with Gasteiger partial charge in [-0.3, -0.25) is 4.79 Å². The molecule has 0 radical (unpaired) electrons. The molecule has 0 spiro atoms. The molecule has 0 bridgehead atoms. The van der Waals surface area contributed by atoms with Crippen molar-refractivity contribution in [1.29, 1.82) is 0 Å². The second-order valence-electron chi connectivity index (χ2n) is 4.93. The van der Waals surface area contributed by atoms with Gasteiger partial charge >= 0.3 is 0 Å². The van der Waals surface area contributed by atoms with Crippen LogP contribution in [0.2, 0.25) is 0 Å². The summed E-state index contributed by atoms with van der Waals surface area (Å²) in [5, 5.41) is 0. The quantitative estimate of drug-likeness (QED) is 0.816. The van der Waals surface area contributed by atoms with Gasteiger partial charge in [0, 0.05) is 20.1 Å². The fourth-order valence-electron chi connectivity index (χ4n) is 2.58. The average Bonchev–Trinajstić information content (AvgIpc) is 2.77. The van der Waals surface area contributed by atoms with Crippen LogP contribution in [-0.4, -0.2) is 54.5 Å². The molecule has 1 saturated heterocycles. The molecule has 1 aromatic carbocycles. The third-order valence-electron chi connectivity index (χ3n) is 3.75. The van der Waals surface area contributed by atoms with Crippen LogP contribution in [0, 0.1) is 0 Å². The summed E-state index contributed by atoms with van der Waals surface area (Å²) >= 11 is 0. The Hall–Kier alpha value is -1.44. The molecule has 1 aliphatic heterocycles. The molecule has 1 heterocycles. The summed E-state index contributed by atoms with van der Waals surface area (Å²) in [7, 11) is -2.02. The summed E-state index contributed by atoms with van der Waals surface area (Å²) in [6.07, 6.45) is -0.579. The Labute approximate surface area is 126 Å².